The summed E-state index contributed by atoms with van der Waals surface area (Å²) in [5.74, 6) is -0.316. The largest absolute Gasteiger partial charge is 0.370 e. The third-order valence-electron chi connectivity index (χ3n) is 3.05. The molecule has 1 saturated heterocycles. The number of ether oxygens (including phenoxy) is 1. The number of nitrogens with one attached hydrogen (secondary N) is 1. The van der Waals surface area contributed by atoms with E-state index >= 15 is 0 Å². The van der Waals surface area contributed by atoms with Crippen molar-refractivity contribution in [3.8, 4) is 0 Å². The quantitative estimate of drug-likeness (QED) is 0.815. The molecule has 3 nitrogen and oxygen atoms in total. The van der Waals surface area contributed by atoms with Crippen LogP contribution in [0.2, 0.25) is 0 Å². The van der Waals surface area contributed by atoms with Gasteiger partial charge in [-0.25, -0.2) is 4.39 Å². The Morgan fingerprint density at radius 3 is 2.88 bits per heavy atom. The predicted octanol–water partition coefficient (Wildman–Crippen LogP) is 2.30. The molecular weight excluding hydrogens is 219 g/mol. The zero-order valence-corrected chi connectivity index (χ0v) is 10.5. The van der Waals surface area contributed by atoms with Gasteiger partial charge in [0.25, 0.3) is 0 Å². The van der Waals surface area contributed by atoms with E-state index in [4.69, 9.17) is 4.74 Å². The maximum absolute atomic E-state index is 12.8. The summed E-state index contributed by atoms with van der Waals surface area (Å²) in [7, 11) is 0. The third kappa shape index (κ3) is 3.01. The summed E-state index contributed by atoms with van der Waals surface area (Å²) in [4.78, 5) is 4.10. The Kier molecular flexibility index (Phi) is 3.45. The Morgan fingerprint density at radius 2 is 2.24 bits per heavy atom. The molecule has 0 aliphatic carbocycles. The summed E-state index contributed by atoms with van der Waals surface area (Å²) in [6.07, 6.45) is 1.12. The lowest BCUT2D eigenvalue weighted by Gasteiger charge is -2.21. The molecule has 2 unspecified atom stereocenters. The van der Waals surface area contributed by atoms with E-state index < -0.39 is 0 Å². The molecule has 1 N–H and O–H groups in total. The zero-order chi connectivity index (χ0) is 12.5. The predicted molar refractivity (Wildman–Crippen MR) is 64.1 cm³/mol. The second-order valence-corrected chi connectivity index (χ2v) is 5.47. The molecule has 17 heavy (non-hydrogen) atoms. The minimum absolute atomic E-state index is 0.114. The molecule has 0 spiro atoms. The van der Waals surface area contributed by atoms with Crippen LogP contribution in [0.1, 0.15) is 32.6 Å². The first-order valence-electron chi connectivity index (χ1n) is 5.94. The van der Waals surface area contributed by atoms with E-state index in [9.17, 15) is 4.39 Å². The number of aromatic nitrogens is 1. The Labute approximate surface area is 101 Å². The normalized spacial score (nSPS) is 28.7. The van der Waals surface area contributed by atoms with E-state index in [1.807, 2.05) is 0 Å². The molecule has 4 heteroatoms. The average molecular weight is 238 g/mol. The topological polar surface area (TPSA) is 34.1 Å². The average Bonchev–Trinajstić information content (AvgIpc) is 2.41. The van der Waals surface area contributed by atoms with Gasteiger partial charge in [-0.05, 0) is 19.1 Å². The standard InChI is InChI=1S/C13H19FN2O/c1-9-12(11-5-4-10(14)6-15-11)17-8-13(2,3)7-16-9/h4-6,9,12,16H,7-8H2,1-3H3. The van der Waals surface area contributed by atoms with Crippen LogP contribution in [-0.4, -0.2) is 24.2 Å². The van der Waals surface area contributed by atoms with Crippen LogP contribution in [0, 0.1) is 11.2 Å². The highest BCUT2D eigenvalue weighted by Gasteiger charge is 2.30. The Morgan fingerprint density at radius 1 is 1.47 bits per heavy atom. The highest BCUT2D eigenvalue weighted by Crippen LogP contribution is 2.27. The molecule has 0 radical (unpaired) electrons. The maximum atomic E-state index is 12.8. The van der Waals surface area contributed by atoms with Crippen molar-refractivity contribution in [1.82, 2.24) is 10.3 Å². The summed E-state index contributed by atoms with van der Waals surface area (Å²) >= 11 is 0. The zero-order valence-electron chi connectivity index (χ0n) is 10.5. The summed E-state index contributed by atoms with van der Waals surface area (Å²) in [6.45, 7) is 7.97. The van der Waals surface area contributed by atoms with Gasteiger partial charge < -0.3 is 10.1 Å². The van der Waals surface area contributed by atoms with Gasteiger partial charge in [-0.3, -0.25) is 4.98 Å². The summed E-state index contributed by atoms with van der Waals surface area (Å²) in [6, 6.07) is 3.29. The van der Waals surface area contributed by atoms with Crippen LogP contribution in [-0.2, 0) is 4.74 Å². The second kappa shape index (κ2) is 4.70. The molecule has 1 aliphatic heterocycles. The Hall–Kier alpha value is -1.00. The number of pyridine rings is 1. The minimum atomic E-state index is -0.316. The molecule has 0 saturated carbocycles. The molecule has 2 atom stereocenters. The van der Waals surface area contributed by atoms with Gasteiger partial charge in [0, 0.05) is 18.0 Å². The van der Waals surface area contributed by atoms with Crippen LogP contribution < -0.4 is 5.32 Å². The van der Waals surface area contributed by atoms with Crippen molar-refractivity contribution in [1.29, 1.82) is 0 Å². The molecule has 2 rings (SSSR count). The summed E-state index contributed by atoms with van der Waals surface area (Å²) in [5.41, 5.74) is 0.896. The van der Waals surface area contributed by atoms with E-state index in [-0.39, 0.29) is 23.4 Å². The van der Waals surface area contributed by atoms with Gasteiger partial charge in [0.2, 0.25) is 0 Å². The lowest BCUT2D eigenvalue weighted by atomic mass is 9.95. The van der Waals surface area contributed by atoms with Crippen LogP contribution in [0.3, 0.4) is 0 Å². The molecule has 1 fully saturated rings. The van der Waals surface area contributed by atoms with Gasteiger partial charge >= 0.3 is 0 Å². The molecule has 1 aliphatic rings. The van der Waals surface area contributed by atoms with E-state index in [0.717, 1.165) is 12.2 Å². The molecular formula is C13H19FN2O. The van der Waals surface area contributed by atoms with Crippen LogP contribution >= 0.6 is 0 Å². The first-order valence-corrected chi connectivity index (χ1v) is 5.94. The van der Waals surface area contributed by atoms with Crippen molar-refractivity contribution >= 4 is 0 Å². The highest BCUT2D eigenvalue weighted by atomic mass is 19.1. The lowest BCUT2D eigenvalue weighted by Crippen LogP contribution is -2.35. The third-order valence-corrected chi connectivity index (χ3v) is 3.05. The monoisotopic (exact) mass is 238 g/mol. The Bertz CT molecular complexity index is 378. The molecule has 0 bridgehead atoms. The van der Waals surface area contributed by atoms with Crippen LogP contribution in [0.25, 0.3) is 0 Å². The van der Waals surface area contributed by atoms with Gasteiger partial charge in [0.1, 0.15) is 11.9 Å². The van der Waals surface area contributed by atoms with Crippen LogP contribution in [0.5, 0.6) is 0 Å². The first-order chi connectivity index (χ1) is 7.98. The van der Waals surface area contributed by atoms with Crippen LogP contribution in [0.4, 0.5) is 4.39 Å². The van der Waals surface area contributed by atoms with Gasteiger partial charge in [0.05, 0.1) is 18.5 Å². The molecule has 94 valence electrons. The van der Waals surface area contributed by atoms with Crippen molar-refractivity contribution in [2.75, 3.05) is 13.2 Å². The smallest absolute Gasteiger partial charge is 0.141 e. The van der Waals surface area contributed by atoms with E-state index in [1.165, 1.54) is 12.3 Å². The SMILES string of the molecule is CC1NCC(C)(C)COC1c1ccc(F)cn1. The highest BCUT2D eigenvalue weighted by molar-refractivity contribution is 5.10. The van der Waals surface area contributed by atoms with Gasteiger partial charge in [-0.2, -0.15) is 0 Å². The maximum Gasteiger partial charge on any atom is 0.141 e. The van der Waals surface area contributed by atoms with Crippen molar-refractivity contribution in [3.05, 3.63) is 29.8 Å². The number of hydrogen-bond acceptors (Lipinski definition) is 3. The molecule has 2 heterocycles. The first kappa shape index (κ1) is 12.5. The fourth-order valence-corrected chi connectivity index (χ4v) is 1.95. The molecule has 0 aromatic carbocycles. The van der Waals surface area contributed by atoms with Crippen molar-refractivity contribution in [2.24, 2.45) is 5.41 Å². The number of nitrogens with zero attached hydrogens (tertiary/aromatic N) is 1. The van der Waals surface area contributed by atoms with Crippen molar-refractivity contribution in [2.45, 2.75) is 32.9 Å². The van der Waals surface area contributed by atoms with Crippen LogP contribution in [0.15, 0.2) is 18.3 Å². The number of hydrogen-bond donors (Lipinski definition) is 1. The van der Waals surface area contributed by atoms with E-state index in [0.29, 0.717) is 6.61 Å². The second-order valence-electron chi connectivity index (χ2n) is 5.47. The van der Waals surface area contributed by atoms with E-state index in [2.05, 4.69) is 31.1 Å². The summed E-state index contributed by atoms with van der Waals surface area (Å²) in [5, 5.41) is 3.44. The van der Waals surface area contributed by atoms with Gasteiger partial charge in [-0.15, -0.1) is 0 Å². The molecule has 1 aromatic heterocycles. The lowest BCUT2D eigenvalue weighted by molar-refractivity contribution is 0.0102. The fraction of sp³-hybridized carbons (Fsp3) is 0.615. The van der Waals surface area contributed by atoms with Gasteiger partial charge in [-0.1, -0.05) is 13.8 Å². The molecule has 1 aromatic rings. The Balaban J connectivity index is 2.17. The van der Waals surface area contributed by atoms with Crippen molar-refractivity contribution < 1.29 is 9.13 Å². The fourth-order valence-electron chi connectivity index (χ4n) is 1.95. The van der Waals surface area contributed by atoms with Crippen molar-refractivity contribution in [3.63, 3.8) is 0 Å². The minimum Gasteiger partial charge on any atom is -0.370 e. The van der Waals surface area contributed by atoms with Gasteiger partial charge in [0.15, 0.2) is 0 Å². The summed E-state index contributed by atoms with van der Waals surface area (Å²) < 4.78 is 18.7. The number of rotatable bonds is 1. The molecule has 0 amide bonds. The number of halogens is 1. The van der Waals surface area contributed by atoms with E-state index in [1.54, 1.807) is 6.07 Å².